The van der Waals surface area contributed by atoms with Crippen LogP contribution in [0.25, 0.3) is 0 Å². The van der Waals surface area contributed by atoms with Gasteiger partial charge in [-0.25, -0.2) is 10.4 Å². The first kappa shape index (κ1) is 21.8. The zero-order chi connectivity index (χ0) is 20.7. The molecule has 3 N–H and O–H groups in total. The minimum atomic E-state index is -0.776. The number of carbonyl (C=O) groups is 3. The van der Waals surface area contributed by atoms with E-state index >= 15 is 0 Å². The number of ketones is 1. The summed E-state index contributed by atoms with van der Waals surface area (Å²) < 4.78 is 5.12. The number of thioether (sulfide) groups is 1. The maximum absolute atomic E-state index is 12.7. The van der Waals surface area contributed by atoms with Gasteiger partial charge in [-0.2, -0.15) is 11.8 Å². The molecule has 2 aliphatic heterocycles. The van der Waals surface area contributed by atoms with Crippen molar-refractivity contribution in [1.29, 1.82) is 0 Å². The van der Waals surface area contributed by atoms with Crippen LogP contribution in [0.1, 0.15) is 12.5 Å². The molecule has 0 radical (unpaired) electrons. The molecule has 0 saturated carbocycles. The lowest BCUT2D eigenvalue weighted by Crippen LogP contribution is -2.53. The third-order valence-electron chi connectivity index (χ3n) is 5.00. The van der Waals surface area contributed by atoms with E-state index in [1.807, 2.05) is 47.1 Å². The van der Waals surface area contributed by atoms with Crippen molar-refractivity contribution in [1.82, 2.24) is 21.1 Å². The highest BCUT2D eigenvalue weighted by molar-refractivity contribution is 7.99. The van der Waals surface area contributed by atoms with Gasteiger partial charge >= 0.3 is 0 Å². The molecule has 2 fully saturated rings. The van der Waals surface area contributed by atoms with Crippen LogP contribution in [0.2, 0.25) is 0 Å². The molecule has 158 valence electrons. The molecule has 1 aromatic carbocycles. The van der Waals surface area contributed by atoms with Crippen LogP contribution >= 0.6 is 11.8 Å². The van der Waals surface area contributed by atoms with Crippen molar-refractivity contribution in [2.75, 3.05) is 44.3 Å². The average molecular weight is 421 g/mol. The second-order valence-electron chi connectivity index (χ2n) is 7.40. The van der Waals surface area contributed by atoms with Crippen LogP contribution in [0, 0.1) is 0 Å². The number of epoxide rings is 1. The Morgan fingerprint density at radius 2 is 1.86 bits per heavy atom. The van der Waals surface area contributed by atoms with Crippen molar-refractivity contribution in [3.05, 3.63) is 35.9 Å². The Balaban J connectivity index is 1.53. The molecule has 29 heavy (non-hydrogen) atoms. The summed E-state index contributed by atoms with van der Waals surface area (Å²) in [7, 11) is 0. The smallest absolute Gasteiger partial charge is 0.243 e. The molecule has 0 aromatic heterocycles. The SMILES string of the molecule is C[C@]1(C(=O)CNC(=O)C(Cc2ccccc2)NC(=O)CNN2CCSCC2)CO1. The van der Waals surface area contributed by atoms with Gasteiger partial charge in [0.05, 0.1) is 19.7 Å². The Morgan fingerprint density at radius 3 is 2.52 bits per heavy atom. The Bertz CT molecular complexity index is 720. The molecular weight excluding hydrogens is 392 g/mol. The van der Waals surface area contributed by atoms with E-state index in [0.29, 0.717) is 13.0 Å². The molecule has 0 aliphatic carbocycles. The van der Waals surface area contributed by atoms with Gasteiger partial charge in [-0.1, -0.05) is 30.3 Å². The molecule has 1 unspecified atom stereocenters. The molecule has 2 aliphatic rings. The zero-order valence-electron chi connectivity index (χ0n) is 16.6. The van der Waals surface area contributed by atoms with Crippen LogP contribution in [0.3, 0.4) is 0 Å². The minimum absolute atomic E-state index is 0.105. The molecule has 3 rings (SSSR count). The summed E-state index contributed by atoms with van der Waals surface area (Å²) in [5, 5.41) is 7.46. The van der Waals surface area contributed by atoms with Crippen LogP contribution < -0.4 is 16.1 Å². The fourth-order valence-corrected chi connectivity index (χ4v) is 3.86. The van der Waals surface area contributed by atoms with Crippen molar-refractivity contribution >= 4 is 29.4 Å². The monoisotopic (exact) mass is 420 g/mol. The predicted octanol–water partition coefficient (Wildman–Crippen LogP) is -0.258. The van der Waals surface area contributed by atoms with Crippen molar-refractivity contribution in [2.45, 2.75) is 25.0 Å². The van der Waals surface area contributed by atoms with Crippen LogP contribution in [0.4, 0.5) is 0 Å². The summed E-state index contributed by atoms with van der Waals surface area (Å²) in [5.74, 6) is 1.26. The molecular formula is C20H28N4O4S. The Kier molecular flexibility index (Phi) is 7.65. The highest BCUT2D eigenvalue weighted by Crippen LogP contribution is 2.26. The van der Waals surface area contributed by atoms with E-state index in [1.165, 1.54) is 0 Å². The van der Waals surface area contributed by atoms with E-state index in [1.54, 1.807) is 6.92 Å². The van der Waals surface area contributed by atoms with Crippen molar-refractivity contribution in [3.63, 3.8) is 0 Å². The molecule has 9 heteroatoms. The molecule has 2 saturated heterocycles. The second kappa shape index (κ2) is 10.2. The quantitative estimate of drug-likeness (QED) is 0.448. The highest BCUT2D eigenvalue weighted by Gasteiger charge is 2.46. The molecule has 2 heterocycles. The van der Waals surface area contributed by atoms with Gasteiger partial charge in [-0.3, -0.25) is 14.4 Å². The molecule has 1 aromatic rings. The van der Waals surface area contributed by atoms with Gasteiger partial charge < -0.3 is 15.4 Å². The number of carbonyl (C=O) groups excluding carboxylic acids is 3. The number of hydrogen-bond acceptors (Lipinski definition) is 7. The van der Waals surface area contributed by atoms with Crippen LogP contribution in [-0.4, -0.2) is 78.5 Å². The van der Waals surface area contributed by atoms with E-state index in [-0.39, 0.29) is 30.7 Å². The van der Waals surface area contributed by atoms with Crippen LogP contribution in [0.5, 0.6) is 0 Å². The lowest BCUT2D eigenvalue weighted by atomic mass is 10.0. The summed E-state index contributed by atoms with van der Waals surface area (Å²) in [6.07, 6.45) is 0.348. The van der Waals surface area contributed by atoms with Gasteiger partial charge in [-0.05, 0) is 12.5 Å². The first-order chi connectivity index (χ1) is 14.0. The third kappa shape index (κ3) is 6.81. The molecule has 0 bridgehead atoms. The van der Waals surface area contributed by atoms with Crippen LogP contribution in [0.15, 0.2) is 30.3 Å². The number of Topliss-reactive ketones (excluding diaryl/α,β-unsaturated/α-hetero) is 1. The maximum Gasteiger partial charge on any atom is 0.243 e. The Morgan fingerprint density at radius 1 is 1.17 bits per heavy atom. The molecule has 0 spiro atoms. The topological polar surface area (TPSA) is 103 Å². The third-order valence-corrected chi connectivity index (χ3v) is 5.94. The van der Waals surface area contributed by atoms with E-state index < -0.39 is 11.6 Å². The summed E-state index contributed by atoms with van der Waals surface area (Å²) in [6, 6.07) is 8.71. The first-order valence-corrected chi connectivity index (χ1v) is 11.0. The first-order valence-electron chi connectivity index (χ1n) is 9.81. The lowest BCUT2D eigenvalue weighted by Gasteiger charge is -2.27. The number of hydrogen-bond donors (Lipinski definition) is 3. The lowest BCUT2D eigenvalue weighted by molar-refractivity contribution is -0.130. The van der Waals surface area contributed by atoms with Crippen LogP contribution in [-0.2, 0) is 25.5 Å². The number of benzene rings is 1. The van der Waals surface area contributed by atoms with E-state index in [0.717, 1.165) is 30.2 Å². The van der Waals surface area contributed by atoms with Gasteiger partial charge in [-0.15, -0.1) is 0 Å². The largest absolute Gasteiger partial charge is 0.362 e. The highest BCUT2D eigenvalue weighted by atomic mass is 32.2. The number of rotatable bonds is 10. The van der Waals surface area contributed by atoms with Gasteiger partial charge in [0.1, 0.15) is 11.6 Å². The Hall–Kier alpha value is -1.94. The normalized spacial score (nSPS) is 22.5. The molecule has 2 atom stereocenters. The summed E-state index contributed by atoms with van der Waals surface area (Å²) in [5.41, 5.74) is 3.27. The summed E-state index contributed by atoms with van der Waals surface area (Å²) in [6.45, 7) is 3.85. The average Bonchev–Trinajstić information content (AvgIpc) is 3.50. The number of amides is 2. The standard InChI is InChI=1S/C20H28N4O4S/c1-20(14-28-20)17(25)12-21-19(27)16(11-15-5-3-2-4-6-15)23-18(26)13-22-24-7-9-29-10-8-24/h2-6,16,22H,7-14H2,1H3,(H,21,27)(H,23,26)/t16?,20-/m1/s1. The minimum Gasteiger partial charge on any atom is -0.362 e. The molecule has 2 amide bonds. The zero-order valence-corrected chi connectivity index (χ0v) is 17.4. The Labute approximate surface area is 175 Å². The summed E-state index contributed by atoms with van der Waals surface area (Å²) in [4.78, 5) is 37.2. The number of hydrazine groups is 1. The maximum atomic E-state index is 12.7. The number of ether oxygens (including phenoxy) is 1. The van der Waals surface area contributed by atoms with E-state index in [2.05, 4.69) is 16.1 Å². The number of nitrogens with one attached hydrogen (secondary N) is 3. The molecule has 8 nitrogen and oxygen atoms in total. The second-order valence-corrected chi connectivity index (χ2v) is 8.63. The van der Waals surface area contributed by atoms with E-state index in [4.69, 9.17) is 4.74 Å². The number of nitrogens with zero attached hydrogens (tertiary/aromatic N) is 1. The van der Waals surface area contributed by atoms with Gasteiger partial charge in [0.15, 0.2) is 5.78 Å². The van der Waals surface area contributed by atoms with Crippen molar-refractivity contribution < 1.29 is 19.1 Å². The van der Waals surface area contributed by atoms with Crippen molar-refractivity contribution in [3.8, 4) is 0 Å². The van der Waals surface area contributed by atoms with Gasteiger partial charge in [0.2, 0.25) is 11.8 Å². The van der Waals surface area contributed by atoms with Gasteiger partial charge in [0, 0.05) is 31.0 Å². The van der Waals surface area contributed by atoms with E-state index in [9.17, 15) is 14.4 Å². The fourth-order valence-electron chi connectivity index (χ4n) is 2.96. The predicted molar refractivity (Wildman–Crippen MR) is 111 cm³/mol. The summed E-state index contributed by atoms with van der Waals surface area (Å²) >= 11 is 1.89. The fraction of sp³-hybridized carbons (Fsp3) is 0.550. The van der Waals surface area contributed by atoms with Crippen molar-refractivity contribution in [2.24, 2.45) is 0 Å². The van der Waals surface area contributed by atoms with Gasteiger partial charge in [0.25, 0.3) is 0 Å².